The summed E-state index contributed by atoms with van der Waals surface area (Å²) < 4.78 is 59.6. The molecule has 0 aliphatic heterocycles. The van der Waals surface area contributed by atoms with Crippen molar-refractivity contribution in [1.82, 2.24) is 0 Å². The van der Waals surface area contributed by atoms with Crippen molar-refractivity contribution in [2.24, 2.45) is 0 Å². The molecule has 0 fully saturated rings. The Morgan fingerprint density at radius 1 is 0.625 bits per heavy atom. The van der Waals surface area contributed by atoms with Gasteiger partial charge in [0.1, 0.15) is 0 Å². The maximum absolute atomic E-state index is 11.3. The fraction of sp³-hybridized carbons (Fsp3) is 0. The van der Waals surface area contributed by atoms with Gasteiger partial charge in [-0.3, -0.25) is 0 Å². The van der Waals surface area contributed by atoms with E-state index in [1.165, 1.54) is 0 Å². The molecule has 0 spiro atoms. The Morgan fingerprint density at radius 3 is 0.625 bits per heavy atom. The first kappa shape index (κ1) is 11.1. The second kappa shape index (κ2) is 1.20. The topological polar surface area (TPSA) is 0 Å². The molecular formula is F7W. The minimum atomic E-state index is -11.3. The first-order valence-corrected chi connectivity index (χ1v) is 7.58. The van der Waals surface area contributed by atoms with Crippen LogP contribution in [0.1, 0.15) is 0 Å². The zero-order valence-electron chi connectivity index (χ0n) is 3.05. The van der Waals surface area contributed by atoms with Gasteiger partial charge in [0.25, 0.3) is 0 Å². The van der Waals surface area contributed by atoms with Crippen LogP contribution in [-0.4, -0.2) is 0 Å². The van der Waals surface area contributed by atoms with E-state index >= 15 is 0 Å². The predicted molar refractivity (Wildman–Crippen MR) is 7.76 cm³/mol. The van der Waals surface area contributed by atoms with Gasteiger partial charge in [-0.2, -0.15) is 0 Å². The third kappa shape index (κ3) is 4260. The minimum absolute atomic E-state index is 0. The summed E-state index contributed by atoms with van der Waals surface area (Å²) in [4.78, 5) is 0. The summed E-state index contributed by atoms with van der Waals surface area (Å²) in [7, 11) is 0. The molecule has 0 heterocycles. The standard InChI is InChI=1S/6FH.F.W/h6*1H;;/q;;;;;;;+6/p-6. The summed E-state index contributed by atoms with van der Waals surface area (Å²) in [5.41, 5.74) is 0. The van der Waals surface area contributed by atoms with E-state index in [0.717, 1.165) is 0 Å². The average Bonchev–Trinajstić information content (AvgIpc) is 0.592. The van der Waals surface area contributed by atoms with Gasteiger partial charge in [-0.25, -0.2) is 0 Å². The second-order valence-corrected chi connectivity index (χ2v) is 7.16. The van der Waals surface area contributed by atoms with E-state index in [1.54, 1.807) is 0 Å². The van der Waals surface area contributed by atoms with E-state index in [2.05, 4.69) is 0 Å². The Hall–Kier alpha value is 0.198. The molecule has 0 unspecified atom stereocenters. The summed E-state index contributed by atoms with van der Waals surface area (Å²) in [5, 5.41) is 0. The van der Waals surface area contributed by atoms with E-state index in [1.807, 2.05) is 0 Å². The van der Waals surface area contributed by atoms with Crippen LogP contribution in [0.3, 0.4) is 0 Å². The fourth-order valence-electron chi connectivity index (χ4n) is 0. The van der Waals surface area contributed by atoms with Crippen LogP contribution in [0.25, 0.3) is 0 Å². The molecule has 0 nitrogen and oxygen atoms in total. The molecule has 0 aromatic heterocycles. The second-order valence-electron chi connectivity index (χ2n) is 0.875. The Balaban J connectivity index is 0. The van der Waals surface area contributed by atoms with Gasteiger partial charge in [-0.1, -0.05) is 0 Å². The Morgan fingerprint density at radius 2 is 0.625 bits per heavy atom. The summed E-state index contributed by atoms with van der Waals surface area (Å²) in [5.74, 6) is 0. The fourth-order valence-corrected chi connectivity index (χ4v) is 0. The molecule has 0 amide bonds. The summed E-state index contributed by atoms with van der Waals surface area (Å²) in [6, 6.07) is 0. The van der Waals surface area contributed by atoms with Gasteiger partial charge in [-0.15, -0.1) is 0 Å². The zero-order chi connectivity index (χ0) is 6.41. The van der Waals surface area contributed by atoms with Crippen LogP contribution in [0.15, 0.2) is 0 Å². The average molecular weight is 317 g/mol. The molecule has 0 bridgehead atoms. The van der Waals surface area contributed by atoms with Crippen molar-refractivity contribution in [3.8, 4) is 0 Å². The van der Waals surface area contributed by atoms with Gasteiger partial charge in [0.05, 0.1) is 0 Å². The van der Waals surface area contributed by atoms with Gasteiger partial charge in [0, 0.05) is 4.70 Å². The Kier molecular flexibility index (Phi) is 1.65. The molecule has 8 heteroatoms. The van der Waals surface area contributed by atoms with Crippen LogP contribution in [0, 0.1) is 0 Å². The molecule has 0 aromatic carbocycles. The molecule has 0 saturated heterocycles. The number of halogens is 7. The number of hydrogen-bond acceptors (Lipinski definition) is 0. The van der Waals surface area contributed by atoms with Crippen LogP contribution in [0.2, 0.25) is 0 Å². The summed E-state index contributed by atoms with van der Waals surface area (Å²) in [6.07, 6.45) is 0. The Labute approximate surface area is 41.2 Å². The van der Waals surface area contributed by atoms with Crippen LogP contribution < -0.4 is 0 Å². The van der Waals surface area contributed by atoms with Gasteiger partial charge >= 0.3 is 35.7 Å². The summed E-state index contributed by atoms with van der Waals surface area (Å²) in [6.45, 7) is 0. The van der Waals surface area contributed by atoms with Crippen LogP contribution in [0.4, 0.5) is 23.7 Å². The van der Waals surface area contributed by atoms with Crippen molar-refractivity contribution < 1.29 is 40.4 Å². The van der Waals surface area contributed by atoms with Gasteiger partial charge in [0.2, 0.25) is 0 Å². The molecule has 0 saturated carbocycles. The van der Waals surface area contributed by atoms with Crippen molar-refractivity contribution in [1.29, 1.82) is 0 Å². The third-order valence-corrected chi connectivity index (χ3v) is 0. The van der Waals surface area contributed by atoms with Crippen molar-refractivity contribution in [3.05, 3.63) is 0 Å². The first-order chi connectivity index (χ1) is 2.45. The number of rotatable bonds is 0. The molecular weight excluding hydrogens is 317 g/mol. The normalized spacial score (nSPS) is 20.2. The van der Waals surface area contributed by atoms with Crippen LogP contribution in [0.5, 0.6) is 0 Å². The van der Waals surface area contributed by atoms with E-state index < -0.39 is 16.7 Å². The molecule has 0 aromatic rings. The maximum atomic E-state index is 9.93. The van der Waals surface area contributed by atoms with E-state index in [9.17, 15) is 18.9 Å². The molecule has 0 aliphatic carbocycles. The van der Waals surface area contributed by atoms with Crippen LogP contribution in [-0.2, 0) is 16.7 Å². The number of hydrogen-bond donors (Lipinski definition) is 0. The van der Waals surface area contributed by atoms with Crippen molar-refractivity contribution in [2.75, 3.05) is 0 Å². The first-order valence-electron chi connectivity index (χ1n) is 0.926. The van der Waals surface area contributed by atoms with E-state index in [0.29, 0.717) is 0 Å². The SMILES string of the molecule is [F].[F][W]([F])([F])([F])([F])[F]. The Bertz CT molecular complexity index is 63.0. The molecule has 55 valence electrons. The van der Waals surface area contributed by atoms with Crippen molar-refractivity contribution in [3.63, 3.8) is 0 Å². The summed E-state index contributed by atoms with van der Waals surface area (Å²) >= 11 is -11.3. The van der Waals surface area contributed by atoms with Gasteiger partial charge < -0.3 is 0 Å². The van der Waals surface area contributed by atoms with Crippen LogP contribution >= 0.6 is 0 Å². The van der Waals surface area contributed by atoms with Crippen molar-refractivity contribution in [2.45, 2.75) is 0 Å². The quantitative estimate of drug-likeness (QED) is 0.603. The van der Waals surface area contributed by atoms with Gasteiger partial charge in [-0.05, 0) is 0 Å². The molecule has 0 atom stereocenters. The molecule has 0 rings (SSSR count). The molecule has 1 radical (unpaired) electrons. The zero-order valence-corrected chi connectivity index (χ0v) is 5.99. The van der Waals surface area contributed by atoms with E-state index in [4.69, 9.17) is 0 Å². The molecule has 0 N–H and O–H groups in total. The van der Waals surface area contributed by atoms with Crippen molar-refractivity contribution >= 4 is 0 Å². The predicted octanol–water partition coefficient (Wildman–Crippen LogP) is 2.94. The van der Waals surface area contributed by atoms with Gasteiger partial charge in [0.15, 0.2) is 0 Å². The molecule has 0 aliphatic rings. The van der Waals surface area contributed by atoms with E-state index in [-0.39, 0.29) is 4.70 Å². The third-order valence-electron chi connectivity index (χ3n) is 0. The molecule has 8 heavy (non-hydrogen) atoms. The monoisotopic (exact) mass is 317 g/mol.